The van der Waals surface area contributed by atoms with Crippen molar-refractivity contribution in [3.63, 3.8) is 0 Å². The Morgan fingerprint density at radius 2 is 1.45 bits per heavy atom. The van der Waals surface area contributed by atoms with Crippen molar-refractivity contribution in [2.45, 2.75) is 57.1 Å². The molecule has 0 heterocycles. The average molecular weight is 658 g/mol. The zero-order chi connectivity index (χ0) is 34.0. The minimum absolute atomic E-state index is 0.0183. The fourth-order valence-electron chi connectivity index (χ4n) is 5.15. The van der Waals surface area contributed by atoms with Crippen molar-refractivity contribution in [1.82, 2.24) is 10.2 Å². The predicted molar refractivity (Wildman–Crippen MR) is 184 cm³/mol. The Hall–Kier alpha value is -4.83. The molecule has 47 heavy (non-hydrogen) atoms. The maximum Gasteiger partial charge on any atom is 0.264 e. The highest BCUT2D eigenvalue weighted by Gasteiger charge is 2.36. The van der Waals surface area contributed by atoms with Crippen molar-refractivity contribution in [3.05, 3.63) is 120 Å². The summed E-state index contributed by atoms with van der Waals surface area (Å²) in [4.78, 5) is 30.2. The number of methoxy groups -OCH3 is 1. The minimum Gasteiger partial charge on any atom is -0.497 e. The quantitative estimate of drug-likeness (QED) is 0.183. The van der Waals surface area contributed by atoms with Crippen molar-refractivity contribution in [3.8, 4) is 11.5 Å². The topological polar surface area (TPSA) is 105 Å². The maximum atomic E-state index is 14.7. The first-order chi connectivity index (χ1) is 22.4. The standard InChI is InChI=1S/C37H43N3O6S/c1-6-46-34-23-14-13-22-32(34)40(47(43,44)31-20-11-8-12-21-31)27-35(41)39(26-29-18-15-19-30(24-29)45-5)33(36(42)38-37(2,3)4)25-28-16-9-7-10-17-28/h7-24,33H,6,25-27H2,1-5H3,(H,38,42)/t33-/m1/s1. The summed E-state index contributed by atoms with van der Waals surface area (Å²) in [5, 5.41) is 3.04. The van der Waals surface area contributed by atoms with Crippen LogP contribution in [0.5, 0.6) is 11.5 Å². The van der Waals surface area contributed by atoms with Crippen molar-refractivity contribution in [2.24, 2.45) is 0 Å². The highest BCUT2D eigenvalue weighted by atomic mass is 32.2. The molecule has 0 bridgehead atoms. The molecule has 10 heteroatoms. The van der Waals surface area contributed by atoms with Gasteiger partial charge in [-0.15, -0.1) is 0 Å². The van der Waals surface area contributed by atoms with E-state index in [1.165, 1.54) is 17.0 Å². The Morgan fingerprint density at radius 1 is 0.830 bits per heavy atom. The van der Waals surface area contributed by atoms with Crippen molar-refractivity contribution in [1.29, 1.82) is 0 Å². The van der Waals surface area contributed by atoms with E-state index in [1.807, 2.05) is 63.2 Å². The van der Waals surface area contributed by atoms with Crippen LogP contribution in [0.2, 0.25) is 0 Å². The van der Waals surface area contributed by atoms with Gasteiger partial charge in [-0.1, -0.05) is 72.8 Å². The number of carbonyl (C=O) groups excluding carboxylic acids is 2. The van der Waals surface area contributed by atoms with Crippen LogP contribution < -0.4 is 19.1 Å². The molecule has 9 nitrogen and oxygen atoms in total. The van der Waals surface area contributed by atoms with Crippen LogP contribution >= 0.6 is 0 Å². The van der Waals surface area contributed by atoms with Gasteiger partial charge in [-0.05, 0) is 75.2 Å². The molecule has 4 rings (SSSR count). The lowest BCUT2D eigenvalue weighted by Crippen LogP contribution is -2.56. The average Bonchev–Trinajstić information content (AvgIpc) is 3.05. The van der Waals surface area contributed by atoms with E-state index in [2.05, 4.69) is 5.32 Å². The van der Waals surface area contributed by atoms with Crippen LogP contribution in [0.1, 0.15) is 38.8 Å². The molecule has 0 aliphatic heterocycles. The highest BCUT2D eigenvalue weighted by molar-refractivity contribution is 7.92. The van der Waals surface area contributed by atoms with Crippen LogP contribution in [0.4, 0.5) is 5.69 Å². The van der Waals surface area contributed by atoms with Crippen molar-refractivity contribution in [2.75, 3.05) is 24.6 Å². The summed E-state index contributed by atoms with van der Waals surface area (Å²) in [5.74, 6) is -0.0195. The molecular formula is C37H43N3O6S. The van der Waals surface area contributed by atoms with E-state index in [0.29, 0.717) is 17.1 Å². The molecule has 0 aromatic heterocycles. The van der Waals surface area contributed by atoms with Gasteiger partial charge in [-0.3, -0.25) is 13.9 Å². The van der Waals surface area contributed by atoms with E-state index in [4.69, 9.17) is 9.47 Å². The molecule has 1 N–H and O–H groups in total. The fourth-order valence-corrected chi connectivity index (χ4v) is 6.59. The third-order valence-electron chi connectivity index (χ3n) is 7.30. The van der Waals surface area contributed by atoms with Gasteiger partial charge in [0.25, 0.3) is 10.0 Å². The second-order valence-corrected chi connectivity index (χ2v) is 13.9. The number of rotatable bonds is 14. The van der Waals surface area contributed by atoms with E-state index in [9.17, 15) is 18.0 Å². The lowest BCUT2D eigenvalue weighted by Gasteiger charge is -2.35. The van der Waals surface area contributed by atoms with Gasteiger partial charge in [-0.25, -0.2) is 8.42 Å². The fraction of sp³-hybridized carbons (Fsp3) is 0.297. The van der Waals surface area contributed by atoms with Gasteiger partial charge >= 0.3 is 0 Å². The monoisotopic (exact) mass is 657 g/mol. The Morgan fingerprint density at radius 3 is 2.09 bits per heavy atom. The van der Waals surface area contributed by atoms with E-state index in [-0.39, 0.29) is 36.1 Å². The first-order valence-electron chi connectivity index (χ1n) is 15.5. The third-order valence-corrected chi connectivity index (χ3v) is 9.07. The lowest BCUT2D eigenvalue weighted by atomic mass is 10.0. The van der Waals surface area contributed by atoms with Crippen molar-refractivity contribution >= 4 is 27.5 Å². The number of hydrogen-bond acceptors (Lipinski definition) is 6. The molecule has 248 valence electrons. The minimum atomic E-state index is -4.26. The summed E-state index contributed by atoms with van der Waals surface area (Å²) in [6, 6.07) is 30.4. The zero-order valence-corrected chi connectivity index (χ0v) is 28.4. The van der Waals surface area contributed by atoms with Crippen LogP contribution in [-0.2, 0) is 32.6 Å². The third kappa shape index (κ3) is 9.36. The lowest BCUT2D eigenvalue weighted by molar-refractivity contribution is -0.140. The molecule has 0 fully saturated rings. The molecule has 0 radical (unpaired) electrons. The van der Waals surface area contributed by atoms with Gasteiger partial charge < -0.3 is 19.7 Å². The Labute approximate surface area is 278 Å². The molecule has 0 aliphatic rings. The smallest absolute Gasteiger partial charge is 0.264 e. The number of nitrogens with one attached hydrogen (secondary N) is 1. The predicted octanol–water partition coefficient (Wildman–Crippen LogP) is 5.84. The molecule has 0 saturated carbocycles. The van der Waals surface area contributed by atoms with Crippen LogP contribution in [0.15, 0.2) is 114 Å². The summed E-state index contributed by atoms with van der Waals surface area (Å²) in [6.07, 6.45) is 0.208. The second kappa shape index (κ2) is 15.6. The van der Waals surface area contributed by atoms with Crippen LogP contribution in [0.3, 0.4) is 0 Å². The van der Waals surface area contributed by atoms with Crippen LogP contribution in [0, 0.1) is 0 Å². The number of amides is 2. The number of hydrogen-bond donors (Lipinski definition) is 1. The Bertz CT molecular complexity index is 1740. The second-order valence-electron chi connectivity index (χ2n) is 12.0. The summed E-state index contributed by atoms with van der Waals surface area (Å²) in [6.45, 7) is 7.15. The van der Waals surface area contributed by atoms with Crippen LogP contribution in [-0.4, -0.2) is 57.0 Å². The SMILES string of the molecule is CCOc1ccccc1N(CC(=O)N(Cc1cccc(OC)c1)[C@H](Cc1ccccc1)C(=O)NC(C)(C)C)S(=O)(=O)c1ccccc1. The summed E-state index contributed by atoms with van der Waals surface area (Å²) >= 11 is 0. The van der Waals surface area contributed by atoms with Gasteiger partial charge in [0.1, 0.15) is 24.1 Å². The summed E-state index contributed by atoms with van der Waals surface area (Å²) < 4.78 is 40.9. The summed E-state index contributed by atoms with van der Waals surface area (Å²) in [5.41, 5.74) is 1.19. The maximum absolute atomic E-state index is 14.7. The van der Waals surface area contributed by atoms with Gasteiger partial charge in [-0.2, -0.15) is 0 Å². The molecule has 4 aromatic carbocycles. The molecule has 1 atom stereocenters. The van der Waals surface area contributed by atoms with E-state index < -0.39 is 34.1 Å². The molecule has 0 aliphatic carbocycles. The molecule has 2 amide bonds. The molecule has 0 saturated heterocycles. The molecule has 0 spiro atoms. The zero-order valence-electron chi connectivity index (χ0n) is 27.6. The number of sulfonamides is 1. The number of nitrogens with zero attached hydrogens (tertiary/aromatic N) is 2. The number of para-hydroxylation sites is 2. The first kappa shape index (κ1) is 35.0. The summed E-state index contributed by atoms with van der Waals surface area (Å²) in [7, 11) is -2.70. The van der Waals surface area contributed by atoms with Crippen LogP contribution in [0.25, 0.3) is 0 Å². The Balaban J connectivity index is 1.86. The number of benzene rings is 4. The van der Waals surface area contributed by atoms with Gasteiger partial charge in [0.15, 0.2) is 0 Å². The largest absolute Gasteiger partial charge is 0.497 e. The van der Waals surface area contributed by atoms with Gasteiger partial charge in [0.2, 0.25) is 11.8 Å². The number of anilines is 1. The molecular weight excluding hydrogens is 614 g/mol. The first-order valence-corrected chi connectivity index (χ1v) is 16.9. The van der Waals surface area contributed by atoms with E-state index in [1.54, 1.807) is 68.6 Å². The number of ether oxygens (including phenoxy) is 2. The van der Waals surface area contributed by atoms with Gasteiger partial charge in [0, 0.05) is 18.5 Å². The normalized spacial score (nSPS) is 12.1. The van der Waals surface area contributed by atoms with Crippen molar-refractivity contribution < 1.29 is 27.5 Å². The Kier molecular flexibility index (Phi) is 11.7. The van der Waals surface area contributed by atoms with Gasteiger partial charge in [0.05, 0.1) is 24.3 Å². The van der Waals surface area contributed by atoms with E-state index >= 15 is 0 Å². The number of carbonyl (C=O) groups is 2. The molecule has 4 aromatic rings. The highest BCUT2D eigenvalue weighted by Crippen LogP contribution is 2.33. The molecule has 0 unspecified atom stereocenters. The van der Waals surface area contributed by atoms with E-state index in [0.717, 1.165) is 9.87 Å².